The number of esters is 1. The third-order valence-corrected chi connectivity index (χ3v) is 1.50. The lowest BCUT2D eigenvalue weighted by Crippen LogP contribution is -2.27. The van der Waals surface area contributed by atoms with E-state index in [1.165, 1.54) is 7.11 Å². The predicted molar refractivity (Wildman–Crippen MR) is 49.0 cm³/mol. The standard InChI is InChI=1S/C8H14ClNO2/c1-6(8(11)12-3)4-10-5-7(2)9/h6,10H,2,4-5H2,1,3H3. The summed E-state index contributed by atoms with van der Waals surface area (Å²) in [4.78, 5) is 10.9. The van der Waals surface area contributed by atoms with Crippen molar-refractivity contribution < 1.29 is 9.53 Å². The quantitative estimate of drug-likeness (QED) is 0.663. The molecule has 1 N–H and O–H groups in total. The molecule has 0 saturated carbocycles. The summed E-state index contributed by atoms with van der Waals surface area (Å²) in [6.45, 7) is 6.36. The third-order valence-electron chi connectivity index (χ3n) is 1.37. The van der Waals surface area contributed by atoms with Gasteiger partial charge in [-0.25, -0.2) is 0 Å². The maximum absolute atomic E-state index is 10.9. The van der Waals surface area contributed by atoms with Crippen molar-refractivity contribution >= 4 is 17.6 Å². The molecule has 0 aliphatic rings. The Kier molecular flexibility index (Phi) is 5.76. The Bertz CT molecular complexity index is 170. The average Bonchev–Trinajstić information content (AvgIpc) is 2.02. The van der Waals surface area contributed by atoms with Crippen LogP contribution in [0.5, 0.6) is 0 Å². The Morgan fingerprint density at radius 3 is 2.75 bits per heavy atom. The van der Waals surface area contributed by atoms with E-state index in [0.717, 1.165) is 0 Å². The molecule has 0 aromatic carbocycles. The van der Waals surface area contributed by atoms with Crippen molar-refractivity contribution in [3.8, 4) is 0 Å². The van der Waals surface area contributed by atoms with Crippen LogP contribution >= 0.6 is 11.6 Å². The van der Waals surface area contributed by atoms with Crippen LogP contribution in [0, 0.1) is 5.92 Å². The Hall–Kier alpha value is -0.540. The van der Waals surface area contributed by atoms with Crippen LogP contribution in [0.25, 0.3) is 0 Å². The molecule has 0 rings (SSSR count). The number of hydrogen-bond acceptors (Lipinski definition) is 3. The minimum atomic E-state index is -0.220. The molecule has 0 spiro atoms. The van der Waals surface area contributed by atoms with Crippen LogP contribution in [-0.2, 0) is 9.53 Å². The van der Waals surface area contributed by atoms with E-state index in [0.29, 0.717) is 18.1 Å². The highest BCUT2D eigenvalue weighted by molar-refractivity contribution is 6.29. The first-order valence-corrected chi connectivity index (χ1v) is 4.07. The number of methoxy groups -OCH3 is 1. The summed E-state index contributed by atoms with van der Waals surface area (Å²) in [5.74, 6) is -0.367. The van der Waals surface area contributed by atoms with Gasteiger partial charge in [0.25, 0.3) is 0 Å². The molecule has 0 saturated heterocycles. The Balaban J connectivity index is 3.50. The van der Waals surface area contributed by atoms with Crippen molar-refractivity contribution in [2.75, 3.05) is 20.2 Å². The van der Waals surface area contributed by atoms with E-state index in [1.54, 1.807) is 6.92 Å². The summed E-state index contributed by atoms with van der Waals surface area (Å²) in [5, 5.41) is 3.50. The second-order valence-corrected chi connectivity index (χ2v) is 3.11. The van der Waals surface area contributed by atoms with E-state index in [9.17, 15) is 4.79 Å². The Labute approximate surface area is 77.7 Å². The maximum atomic E-state index is 10.9. The highest BCUT2D eigenvalue weighted by Crippen LogP contribution is 1.97. The van der Waals surface area contributed by atoms with Crippen molar-refractivity contribution in [2.24, 2.45) is 5.92 Å². The number of ether oxygens (including phenoxy) is 1. The first kappa shape index (κ1) is 11.5. The summed E-state index contributed by atoms with van der Waals surface area (Å²) in [6, 6.07) is 0. The summed E-state index contributed by atoms with van der Waals surface area (Å²) in [7, 11) is 1.37. The van der Waals surface area contributed by atoms with Gasteiger partial charge in [0.15, 0.2) is 0 Å². The van der Waals surface area contributed by atoms with Crippen molar-refractivity contribution in [3.05, 3.63) is 11.6 Å². The lowest BCUT2D eigenvalue weighted by molar-refractivity contribution is -0.144. The molecule has 1 atom stereocenters. The SMILES string of the molecule is C=C(Cl)CNCC(C)C(=O)OC. The summed E-state index contributed by atoms with van der Waals surface area (Å²) < 4.78 is 4.54. The number of carbonyl (C=O) groups is 1. The molecule has 0 amide bonds. The van der Waals surface area contributed by atoms with E-state index in [4.69, 9.17) is 11.6 Å². The molecular formula is C8H14ClNO2. The van der Waals surface area contributed by atoms with Gasteiger partial charge in [-0.1, -0.05) is 25.1 Å². The number of rotatable bonds is 5. The van der Waals surface area contributed by atoms with Gasteiger partial charge in [0, 0.05) is 18.1 Å². The number of hydrogen-bond donors (Lipinski definition) is 1. The van der Waals surface area contributed by atoms with Gasteiger partial charge in [-0.15, -0.1) is 0 Å². The molecule has 1 unspecified atom stereocenters. The first-order valence-electron chi connectivity index (χ1n) is 3.69. The van der Waals surface area contributed by atoms with Crippen LogP contribution in [0.2, 0.25) is 0 Å². The third kappa shape index (κ3) is 5.16. The van der Waals surface area contributed by atoms with Crippen LogP contribution in [0.1, 0.15) is 6.92 Å². The van der Waals surface area contributed by atoms with Crippen LogP contribution in [-0.4, -0.2) is 26.2 Å². The highest BCUT2D eigenvalue weighted by atomic mass is 35.5. The van der Waals surface area contributed by atoms with E-state index in [1.807, 2.05) is 0 Å². The number of halogens is 1. The van der Waals surface area contributed by atoms with Gasteiger partial charge < -0.3 is 10.1 Å². The van der Waals surface area contributed by atoms with Gasteiger partial charge in [-0.2, -0.15) is 0 Å². The van der Waals surface area contributed by atoms with Crippen LogP contribution in [0.15, 0.2) is 11.6 Å². The fourth-order valence-corrected chi connectivity index (χ4v) is 0.803. The van der Waals surface area contributed by atoms with Gasteiger partial charge in [-0.05, 0) is 0 Å². The van der Waals surface area contributed by atoms with Gasteiger partial charge in [0.1, 0.15) is 0 Å². The summed E-state index contributed by atoms with van der Waals surface area (Å²) in [5.41, 5.74) is 0. The van der Waals surface area contributed by atoms with Gasteiger partial charge in [0.2, 0.25) is 0 Å². The lowest BCUT2D eigenvalue weighted by Gasteiger charge is -2.09. The van der Waals surface area contributed by atoms with Crippen molar-refractivity contribution in [2.45, 2.75) is 6.92 Å². The fourth-order valence-electron chi connectivity index (χ4n) is 0.709. The van der Waals surface area contributed by atoms with Crippen molar-refractivity contribution in [1.29, 1.82) is 0 Å². The molecule has 0 fully saturated rings. The monoisotopic (exact) mass is 191 g/mol. The van der Waals surface area contributed by atoms with E-state index < -0.39 is 0 Å². The topological polar surface area (TPSA) is 38.3 Å². The van der Waals surface area contributed by atoms with Crippen molar-refractivity contribution in [3.63, 3.8) is 0 Å². The van der Waals surface area contributed by atoms with Crippen LogP contribution in [0.4, 0.5) is 0 Å². The zero-order valence-electron chi connectivity index (χ0n) is 7.39. The molecule has 0 aromatic rings. The Morgan fingerprint density at radius 1 is 1.75 bits per heavy atom. The molecule has 0 aromatic heterocycles. The highest BCUT2D eigenvalue weighted by Gasteiger charge is 2.11. The molecule has 0 radical (unpaired) electrons. The molecule has 70 valence electrons. The van der Waals surface area contributed by atoms with Gasteiger partial charge >= 0.3 is 5.97 Å². The normalized spacial score (nSPS) is 12.2. The van der Waals surface area contributed by atoms with E-state index in [2.05, 4.69) is 16.6 Å². The molecule has 0 bridgehead atoms. The zero-order valence-corrected chi connectivity index (χ0v) is 8.15. The molecule has 0 aliphatic carbocycles. The number of carbonyl (C=O) groups excluding carboxylic acids is 1. The maximum Gasteiger partial charge on any atom is 0.309 e. The molecular weight excluding hydrogens is 178 g/mol. The van der Waals surface area contributed by atoms with Crippen molar-refractivity contribution in [1.82, 2.24) is 5.32 Å². The van der Waals surface area contributed by atoms with Crippen LogP contribution < -0.4 is 5.32 Å². The minimum absolute atomic E-state index is 0.147. The van der Waals surface area contributed by atoms with Crippen LogP contribution in [0.3, 0.4) is 0 Å². The summed E-state index contributed by atoms with van der Waals surface area (Å²) >= 11 is 5.50. The van der Waals surface area contributed by atoms with Gasteiger partial charge in [0.05, 0.1) is 13.0 Å². The lowest BCUT2D eigenvalue weighted by atomic mass is 10.2. The average molecular weight is 192 g/mol. The molecule has 0 heterocycles. The molecule has 12 heavy (non-hydrogen) atoms. The number of nitrogens with one attached hydrogen (secondary N) is 1. The second-order valence-electron chi connectivity index (χ2n) is 2.57. The fraction of sp³-hybridized carbons (Fsp3) is 0.625. The van der Waals surface area contributed by atoms with Gasteiger partial charge in [-0.3, -0.25) is 4.79 Å². The molecule has 4 heteroatoms. The second kappa shape index (κ2) is 6.03. The Morgan fingerprint density at radius 2 is 2.33 bits per heavy atom. The van der Waals surface area contributed by atoms with E-state index >= 15 is 0 Å². The zero-order chi connectivity index (χ0) is 9.56. The minimum Gasteiger partial charge on any atom is -0.469 e. The largest absolute Gasteiger partial charge is 0.469 e. The molecule has 0 aliphatic heterocycles. The predicted octanol–water partition coefficient (Wildman–Crippen LogP) is 1.14. The smallest absolute Gasteiger partial charge is 0.309 e. The first-order chi connectivity index (χ1) is 5.57. The molecule has 3 nitrogen and oxygen atoms in total. The summed E-state index contributed by atoms with van der Waals surface area (Å²) in [6.07, 6.45) is 0. The van der Waals surface area contributed by atoms with E-state index in [-0.39, 0.29) is 11.9 Å².